The van der Waals surface area contributed by atoms with Crippen molar-refractivity contribution in [3.05, 3.63) is 48.0 Å². The number of aromatic nitrogens is 2. The molecule has 0 radical (unpaired) electrons. The van der Waals surface area contributed by atoms with Crippen molar-refractivity contribution < 1.29 is 4.74 Å². The summed E-state index contributed by atoms with van der Waals surface area (Å²) in [5.41, 5.74) is 1.32. The average molecular weight is 273 g/mol. The fourth-order valence-electron chi connectivity index (χ4n) is 2.18. The van der Waals surface area contributed by atoms with Crippen LogP contribution < -0.4 is 10.1 Å². The van der Waals surface area contributed by atoms with E-state index in [4.69, 9.17) is 4.74 Å². The lowest BCUT2D eigenvalue weighted by atomic mass is 10.1. The van der Waals surface area contributed by atoms with Gasteiger partial charge in [0, 0.05) is 25.5 Å². The minimum atomic E-state index is 0.497. The lowest BCUT2D eigenvalue weighted by molar-refractivity contribution is 0.291. The summed E-state index contributed by atoms with van der Waals surface area (Å²) in [7, 11) is 1.97. The van der Waals surface area contributed by atoms with Crippen LogP contribution in [0.3, 0.4) is 0 Å². The highest BCUT2D eigenvalue weighted by Gasteiger charge is 2.03. The SMILES string of the molecule is CCNC(C)Cc1ccc(OCc2nccn2C)cc1. The van der Waals surface area contributed by atoms with Crippen LogP contribution in [-0.2, 0) is 20.1 Å². The van der Waals surface area contributed by atoms with E-state index in [0.29, 0.717) is 12.6 Å². The summed E-state index contributed by atoms with van der Waals surface area (Å²) in [4.78, 5) is 4.24. The molecular formula is C16H23N3O. The average Bonchev–Trinajstić information content (AvgIpc) is 2.84. The molecule has 4 heteroatoms. The van der Waals surface area contributed by atoms with Crippen molar-refractivity contribution in [3.63, 3.8) is 0 Å². The summed E-state index contributed by atoms with van der Waals surface area (Å²) in [6.45, 7) is 5.84. The second-order valence-corrected chi connectivity index (χ2v) is 5.05. The van der Waals surface area contributed by atoms with Crippen molar-refractivity contribution >= 4 is 0 Å². The molecule has 1 aromatic heterocycles. The predicted molar refractivity (Wildman–Crippen MR) is 80.8 cm³/mol. The van der Waals surface area contributed by atoms with Gasteiger partial charge in [-0.1, -0.05) is 19.1 Å². The Morgan fingerprint density at radius 2 is 2.05 bits per heavy atom. The van der Waals surface area contributed by atoms with E-state index in [1.165, 1.54) is 5.56 Å². The summed E-state index contributed by atoms with van der Waals surface area (Å²) in [5.74, 6) is 1.81. The molecule has 1 heterocycles. The molecule has 0 saturated carbocycles. The van der Waals surface area contributed by atoms with Crippen LogP contribution in [0, 0.1) is 0 Å². The van der Waals surface area contributed by atoms with Crippen molar-refractivity contribution in [1.82, 2.24) is 14.9 Å². The number of nitrogens with zero attached hydrogens (tertiary/aromatic N) is 2. The van der Waals surface area contributed by atoms with Gasteiger partial charge in [-0.2, -0.15) is 0 Å². The van der Waals surface area contributed by atoms with Crippen LogP contribution in [0.25, 0.3) is 0 Å². The van der Waals surface area contributed by atoms with Crippen molar-refractivity contribution in [2.45, 2.75) is 32.9 Å². The molecule has 4 nitrogen and oxygen atoms in total. The molecule has 0 aliphatic carbocycles. The molecule has 1 aromatic carbocycles. The number of hydrogen-bond donors (Lipinski definition) is 1. The predicted octanol–water partition coefficient (Wildman–Crippen LogP) is 2.54. The number of likely N-dealkylation sites (N-methyl/N-ethyl adjacent to an activating group) is 1. The first-order chi connectivity index (χ1) is 9.69. The molecule has 20 heavy (non-hydrogen) atoms. The summed E-state index contributed by atoms with van der Waals surface area (Å²) < 4.78 is 7.70. The van der Waals surface area contributed by atoms with Gasteiger partial charge < -0.3 is 14.6 Å². The van der Waals surface area contributed by atoms with Crippen molar-refractivity contribution in [1.29, 1.82) is 0 Å². The highest BCUT2D eigenvalue weighted by molar-refractivity contribution is 5.27. The minimum Gasteiger partial charge on any atom is -0.486 e. The third-order valence-corrected chi connectivity index (χ3v) is 3.31. The van der Waals surface area contributed by atoms with Gasteiger partial charge in [-0.05, 0) is 37.6 Å². The lowest BCUT2D eigenvalue weighted by Gasteiger charge is -2.12. The van der Waals surface area contributed by atoms with Gasteiger partial charge in [0.05, 0.1) is 0 Å². The number of imidazole rings is 1. The largest absolute Gasteiger partial charge is 0.486 e. The molecule has 0 bridgehead atoms. The van der Waals surface area contributed by atoms with Gasteiger partial charge in [0.25, 0.3) is 0 Å². The standard InChI is InChI=1S/C16H23N3O/c1-4-17-13(2)11-14-5-7-15(8-6-14)20-12-16-18-9-10-19(16)3/h5-10,13,17H,4,11-12H2,1-3H3. The lowest BCUT2D eigenvalue weighted by Crippen LogP contribution is -2.27. The topological polar surface area (TPSA) is 39.1 Å². The molecule has 0 saturated heterocycles. The number of rotatable bonds is 7. The number of nitrogens with one attached hydrogen (secondary N) is 1. The maximum atomic E-state index is 5.74. The van der Waals surface area contributed by atoms with Gasteiger partial charge in [0.1, 0.15) is 18.2 Å². The summed E-state index contributed by atoms with van der Waals surface area (Å²) in [5, 5.41) is 3.42. The molecule has 0 amide bonds. The fourth-order valence-corrected chi connectivity index (χ4v) is 2.18. The zero-order valence-corrected chi connectivity index (χ0v) is 12.5. The third-order valence-electron chi connectivity index (χ3n) is 3.31. The summed E-state index contributed by atoms with van der Waals surface area (Å²) in [6, 6.07) is 8.80. The van der Waals surface area contributed by atoms with Gasteiger partial charge in [-0.3, -0.25) is 0 Å². The molecule has 2 rings (SSSR count). The Morgan fingerprint density at radius 1 is 1.30 bits per heavy atom. The quantitative estimate of drug-likeness (QED) is 0.842. The minimum absolute atomic E-state index is 0.497. The summed E-state index contributed by atoms with van der Waals surface area (Å²) >= 11 is 0. The van der Waals surface area contributed by atoms with Crippen LogP contribution in [0.15, 0.2) is 36.7 Å². The Bertz CT molecular complexity index is 519. The van der Waals surface area contributed by atoms with Gasteiger partial charge >= 0.3 is 0 Å². The number of aryl methyl sites for hydroxylation is 1. The zero-order chi connectivity index (χ0) is 14.4. The van der Waals surface area contributed by atoms with Gasteiger partial charge in [0.2, 0.25) is 0 Å². The van der Waals surface area contributed by atoms with Crippen LogP contribution >= 0.6 is 0 Å². The van der Waals surface area contributed by atoms with Gasteiger partial charge in [0.15, 0.2) is 0 Å². The zero-order valence-electron chi connectivity index (χ0n) is 12.5. The fraction of sp³-hybridized carbons (Fsp3) is 0.438. The number of ether oxygens (including phenoxy) is 1. The molecule has 0 fully saturated rings. The Balaban J connectivity index is 1.87. The van der Waals surface area contributed by atoms with Crippen LogP contribution in [0.2, 0.25) is 0 Å². The first kappa shape index (κ1) is 14.6. The molecule has 108 valence electrons. The number of hydrogen-bond acceptors (Lipinski definition) is 3. The smallest absolute Gasteiger partial charge is 0.146 e. The van der Waals surface area contributed by atoms with E-state index >= 15 is 0 Å². The van der Waals surface area contributed by atoms with Crippen LogP contribution in [0.1, 0.15) is 25.2 Å². The molecule has 1 atom stereocenters. The van der Waals surface area contributed by atoms with Gasteiger partial charge in [-0.15, -0.1) is 0 Å². The maximum Gasteiger partial charge on any atom is 0.146 e. The van der Waals surface area contributed by atoms with Gasteiger partial charge in [-0.25, -0.2) is 4.98 Å². The molecular weight excluding hydrogens is 250 g/mol. The first-order valence-corrected chi connectivity index (χ1v) is 7.10. The molecule has 1 unspecified atom stereocenters. The Kier molecular flexibility index (Phi) is 5.18. The monoisotopic (exact) mass is 273 g/mol. The highest BCUT2D eigenvalue weighted by Crippen LogP contribution is 2.14. The Labute approximate surface area is 120 Å². The molecule has 2 aromatic rings. The highest BCUT2D eigenvalue weighted by atomic mass is 16.5. The second kappa shape index (κ2) is 7.10. The molecule has 0 aliphatic heterocycles. The number of benzene rings is 1. The third kappa shape index (κ3) is 4.10. The van der Waals surface area contributed by atoms with E-state index < -0.39 is 0 Å². The van der Waals surface area contributed by atoms with Crippen molar-refractivity contribution in [2.75, 3.05) is 6.54 Å². The normalized spacial score (nSPS) is 12.3. The molecule has 1 N–H and O–H groups in total. The van der Waals surface area contributed by atoms with Crippen LogP contribution in [-0.4, -0.2) is 22.1 Å². The Morgan fingerprint density at radius 3 is 2.65 bits per heavy atom. The van der Waals surface area contributed by atoms with E-state index in [-0.39, 0.29) is 0 Å². The Hall–Kier alpha value is -1.81. The van der Waals surface area contributed by atoms with Crippen LogP contribution in [0.4, 0.5) is 0 Å². The van der Waals surface area contributed by atoms with Crippen LogP contribution in [0.5, 0.6) is 5.75 Å². The molecule has 0 spiro atoms. The summed E-state index contributed by atoms with van der Waals surface area (Å²) in [6.07, 6.45) is 4.74. The van der Waals surface area contributed by atoms with Crippen molar-refractivity contribution in [3.8, 4) is 5.75 Å². The van der Waals surface area contributed by atoms with Crippen molar-refractivity contribution in [2.24, 2.45) is 7.05 Å². The second-order valence-electron chi connectivity index (χ2n) is 5.05. The van der Waals surface area contributed by atoms with E-state index in [0.717, 1.165) is 24.5 Å². The van der Waals surface area contributed by atoms with E-state index in [2.05, 4.69) is 36.3 Å². The molecule has 0 aliphatic rings. The maximum absolute atomic E-state index is 5.74. The van der Waals surface area contributed by atoms with E-state index in [9.17, 15) is 0 Å². The first-order valence-electron chi connectivity index (χ1n) is 7.10. The van der Waals surface area contributed by atoms with E-state index in [1.54, 1.807) is 6.20 Å². The van der Waals surface area contributed by atoms with E-state index in [1.807, 2.05) is 29.9 Å².